The Morgan fingerprint density at radius 1 is 0.944 bits per heavy atom. The minimum absolute atomic E-state index is 0.705. The van der Waals surface area contributed by atoms with Crippen molar-refractivity contribution in [3.05, 3.63) is 66.6 Å². The van der Waals surface area contributed by atoms with Crippen LogP contribution in [0.3, 0.4) is 0 Å². The van der Waals surface area contributed by atoms with Crippen molar-refractivity contribution in [1.29, 1.82) is 0 Å². The lowest BCUT2D eigenvalue weighted by Crippen LogP contribution is -2.01. The smallest absolute Gasteiger partial charge is 0.0706 e. The molecule has 2 heterocycles. The fraction of sp³-hybridized carbons (Fsp3) is 0.0667. The third-order valence-corrected chi connectivity index (χ3v) is 2.79. The van der Waals surface area contributed by atoms with Crippen molar-refractivity contribution in [1.82, 2.24) is 9.97 Å². The summed E-state index contributed by atoms with van der Waals surface area (Å²) in [7, 11) is 0. The molecule has 88 valence electrons. The lowest BCUT2D eigenvalue weighted by molar-refractivity contribution is 1.06. The Balaban J connectivity index is 1.79. The number of nitrogens with one attached hydrogen (secondary N) is 1. The maximum atomic E-state index is 4.61. The fourth-order valence-electron chi connectivity index (χ4n) is 1.87. The highest BCUT2D eigenvalue weighted by atomic mass is 14.9. The van der Waals surface area contributed by atoms with Gasteiger partial charge in [-0.05, 0) is 24.3 Å². The first-order chi connectivity index (χ1) is 8.92. The van der Waals surface area contributed by atoms with E-state index in [0.29, 0.717) is 6.54 Å². The van der Waals surface area contributed by atoms with Crippen LogP contribution < -0.4 is 5.32 Å². The Hall–Kier alpha value is -2.42. The van der Waals surface area contributed by atoms with Crippen molar-refractivity contribution >= 4 is 16.6 Å². The molecule has 18 heavy (non-hydrogen) atoms. The average Bonchev–Trinajstić information content (AvgIpc) is 2.46. The van der Waals surface area contributed by atoms with E-state index in [2.05, 4.69) is 27.4 Å². The van der Waals surface area contributed by atoms with Crippen LogP contribution >= 0.6 is 0 Å². The summed E-state index contributed by atoms with van der Waals surface area (Å²) in [6.07, 6.45) is 3.57. The van der Waals surface area contributed by atoms with Gasteiger partial charge in [-0.2, -0.15) is 0 Å². The molecule has 3 nitrogen and oxygen atoms in total. The van der Waals surface area contributed by atoms with Crippen LogP contribution in [-0.4, -0.2) is 9.97 Å². The highest BCUT2D eigenvalue weighted by molar-refractivity contribution is 5.78. The Kier molecular flexibility index (Phi) is 2.88. The molecule has 0 bridgehead atoms. The van der Waals surface area contributed by atoms with Crippen LogP contribution in [0.1, 0.15) is 5.69 Å². The van der Waals surface area contributed by atoms with Gasteiger partial charge in [-0.1, -0.05) is 24.3 Å². The molecule has 0 saturated heterocycles. The predicted octanol–water partition coefficient (Wildman–Crippen LogP) is 3.24. The van der Waals surface area contributed by atoms with Crippen LogP contribution in [0.15, 0.2) is 60.9 Å². The fourth-order valence-corrected chi connectivity index (χ4v) is 1.87. The molecule has 0 saturated carbocycles. The lowest BCUT2D eigenvalue weighted by Gasteiger charge is -2.06. The summed E-state index contributed by atoms with van der Waals surface area (Å²) < 4.78 is 0. The van der Waals surface area contributed by atoms with Crippen molar-refractivity contribution in [2.45, 2.75) is 6.54 Å². The first-order valence-corrected chi connectivity index (χ1v) is 5.90. The number of rotatable bonds is 3. The minimum atomic E-state index is 0.705. The molecule has 0 spiro atoms. The zero-order valence-corrected chi connectivity index (χ0v) is 9.88. The molecule has 2 aromatic heterocycles. The molecule has 0 fully saturated rings. The Bertz CT molecular complexity index is 650. The number of anilines is 1. The monoisotopic (exact) mass is 235 g/mol. The van der Waals surface area contributed by atoms with Gasteiger partial charge in [-0.25, -0.2) is 0 Å². The Morgan fingerprint density at radius 3 is 2.78 bits per heavy atom. The molecule has 0 aliphatic heterocycles. The molecule has 3 aromatic rings. The molecule has 0 radical (unpaired) electrons. The first-order valence-electron chi connectivity index (χ1n) is 5.90. The van der Waals surface area contributed by atoms with E-state index in [1.807, 2.05) is 36.4 Å². The van der Waals surface area contributed by atoms with E-state index >= 15 is 0 Å². The number of para-hydroxylation sites is 1. The molecule has 0 aliphatic carbocycles. The van der Waals surface area contributed by atoms with Gasteiger partial charge in [0.15, 0.2) is 0 Å². The van der Waals surface area contributed by atoms with Gasteiger partial charge >= 0.3 is 0 Å². The van der Waals surface area contributed by atoms with Crippen molar-refractivity contribution in [3.63, 3.8) is 0 Å². The maximum Gasteiger partial charge on any atom is 0.0706 e. The van der Waals surface area contributed by atoms with Gasteiger partial charge < -0.3 is 5.32 Å². The standard InChI is InChI=1S/C15H13N3/c1-2-6-15-12(4-1)7-8-14(18-15)11-17-13-5-3-9-16-10-13/h1-10,17H,11H2. The summed E-state index contributed by atoms with van der Waals surface area (Å²) in [6, 6.07) is 16.2. The topological polar surface area (TPSA) is 37.8 Å². The lowest BCUT2D eigenvalue weighted by atomic mass is 10.2. The first kappa shape index (κ1) is 10.7. The van der Waals surface area contributed by atoms with E-state index in [1.54, 1.807) is 12.4 Å². The summed E-state index contributed by atoms with van der Waals surface area (Å²) in [6.45, 7) is 0.705. The van der Waals surface area contributed by atoms with Gasteiger partial charge in [-0.15, -0.1) is 0 Å². The van der Waals surface area contributed by atoms with Gasteiger partial charge in [0.2, 0.25) is 0 Å². The Morgan fingerprint density at radius 2 is 1.89 bits per heavy atom. The van der Waals surface area contributed by atoms with E-state index in [-0.39, 0.29) is 0 Å². The second-order valence-corrected chi connectivity index (χ2v) is 4.09. The normalized spacial score (nSPS) is 10.4. The second-order valence-electron chi connectivity index (χ2n) is 4.09. The van der Waals surface area contributed by atoms with Crippen molar-refractivity contribution < 1.29 is 0 Å². The number of hydrogen-bond donors (Lipinski definition) is 1. The molecule has 0 atom stereocenters. The van der Waals surface area contributed by atoms with Gasteiger partial charge in [0.1, 0.15) is 0 Å². The highest BCUT2D eigenvalue weighted by Crippen LogP contribution is 2.12. The molecule has 1 aromatic carbocycles. The SMILES string of the molecule is c1cncc(NCc2ccc3ccccc3n2)c1. The van der Waals surface area contributed by atoms with Crippen LogP contribution in [0.25, 0.3) is 10.9 Å². The molecule has 3 rings (SSSR count). The van der Waals surface area contributed by atoms with Gasteiger partial charge in [0.05, 0.1) is 23.4 Å². The van der Waals surface area contributed by atoms with Crippen LogP contribution in [0.5, 0.6) is 0 Å². The molecule has 3 heteroatoms. The zero-order chi connectivity index (χ0) is 12.2. The summed E-state index contributed by atoms with van der Waals surface area (Å²) in [4.78, 5) is 8.67. The molecule has 1 N–H and O–H groups in total. The van der Waals surface area contributed by atoms with E-state index in [1.165, 1.54) is 5.39 Å². The number of aromatic nitrogens is 2. The van der Waals surface area contributed by atoms with Crippen molar-refractivity contribution in [2.75, 3.05) is 5.32 Å². The number of fused-ring (bicyclic) bond motifs is 1. The van der Waals surface area contributed by atoms with Gasteiger partial charge in [0, 0.05) is 17.8 Å². The van der Waals surface area contributed by atoms with Crippen molar-refractivity contribution in [3.8, 4) is 0 Å². The largest absolute Gasteiger partial charge is 0.378 e. The molecular formula is C15H13N3. The second kappa shape index (κ2) is 4.84. The summed E-state index contributed by atoms with van der Waals surface area (Å²) in [5.41, 5.74) is 3.06. The summed E-state index contributed by atoms with van der Waals surface area (Å²) in [5.74, 6) is 0. The van der Waals surface area contributed by atoms with Gasteiger partial charge in [-0.3, -0.25) is 9.97 Å². The maximum absolute atomic E-state index is 4.61. The molecule has 0 aliphatic rings. The minimum Gasteiger partial charge on any atom is -0.378 e. The number of nitrogens with zero attached hydrogens (tertiary/aromatic N) is 2. The van der Waals surface area contributed by atoms with Crippen LogP contribution in [0.4, 0.5) is 5.69 Å². The van der Waals surface area contributed by atoms with E-state index in [0.717, 1.165) is 16.9 Å². The number of hydrogen-bond acceptors (Lipinski definition) is 3. The zero-order valence-electron chi connectivity index (χ0n) is 9.88. The summed E-state index contributed by atoms with van der Waals surface area (Å²) in [5, 5.41) is 4.47. The number of pyridine rings is 2. The summed E-state index contributed by atoms with van der Waals surface area (Å²) >= 11 is 0. The van der Waals surface area contributed by atoms with E-state index in [4.69, 9.17) is 0 Å². The third kappa shape index (κ3) is 2.30. The highest BCUT2D eigenvalue weighted by Gasteiger charge is 1.98. The van der Waals surface area contributed by atoms with Crippen LogP contribution in [0.2, 0.25) is 0 Å². The molecule has 0 unspecified atom stereocenters. The van der Waals surface area contributed by atoms with E-state index < -0.39 is 0 Å². The number of benzene rings is 1. The van der Waals surface area contributed by atoms with Gasteiger partial charge in [0.25, 0.3) is 0 Å². The quantitative estimate of drug-likeness (QED) is 0.757. The predicted molar refractivity (Wildman–Crippen MR) is 73.3 cm³/mol. The molecule has 0 amide bonds. The van der Waals surface area contributed by atoms with Crippen LogP contribution in [0, 0.1) is 0 Å². The third-order valence-electron chi connectivity index (χ3n) is 2.79. The van der Waals surface area contributed by atoms with Crippen LogP contribution in [-0.2, 0) is 6.54 Å². The van der Waals surface area contributed by atoms with E-state index in [9.17, 15) is 0 Å². The Labute approximate surface area is 106 Å². The average molecular weight is 235 g/mol. The molecular weight excluding hydrogens is 222 g/mol. The van der Waals surface area contributed by atoms with Crippen molar-refractivity contribution in [2.24, 2.45) is 0 Å².